The van der Waals surface area contributed by atoms with Crippen LogP contribution in [0, 0.1) is 0 Å². The maximum atomic E-state index is 12.5. The quantitative estimate of drug-likeness (QED) is 0.0734. The van der Waals surface area contributed by atoms with Gasteiger partial charge >= 0.3 is 59.1 Å². The maximum Gasteiger partial charge on any atom is 1.00 e. The first-order chi connectivity index (χ1) is 28.7. The van der Waals surface area contributed by atoms with Crippen LogP contribution >= 0.6 is 0 Å². The van der Waals surface area contributed by atoms with Crippen molar-refractivity contribution in [2.75, 3.05) is 50.2 Å². The summed E-state index contributed by atoms with van der Waals surface area (Å²) < 4.78 is 75.1. The van der Waals surface area contributed by atoms with Gasteiger partial charge in [0.15, 0.2) is 0 Å². The van der Waals surface area contributed by atoms with Crippen molar-refractivity contribution in [2.24, 2.45) is 20.0 Å². The Kier molecular flexibility index (Phi) is 18.1. The van der Waals surface area contributed by atoms with Crippen LogP contribution < -0.4 is 80.2 Å². The zero-order valence-electron chi connectivity index (χ0n) is 33.9. The number of allylic oxidation sites excluding steroid dienone is 10. The second-order valence-electron chi connectivity index (χ2n) is 12.7. The summed E-state index contributed by atoms with van der Waals surface area (Å²) in [5.74, 6) is 0.367. The van der Waals surface area contributed by atoms with Gasteiger partial charge < -0.3 is 29.1 Å². The number of para-hydroxylation sites is 2. The Morgan fingerprint density at radius 2 is 0.968 bits per heavy atom. The predicted octanol–water partition coefficient (Wildman–Crippen LogP) is -4.05. The molecule has 0 saturated carbocycles. The van der Waals surface area contributed by atoms with E-state index in [4.69, 9.17) is 0 Å². The van der Waals surface area contributed by atoms with Crippen LogP contribution in [0.15, 0.2) is 150 Å². The standard InChI is InChI=1S/C38H38N12O8S2.2Na/c1-49(19-21-51)37-45-33(39-27-9-5-3-6-10-27)43-35(47-37)41-29-17-15-25(31(23-29)59(53,54)55)13-14-26-16-18-30(24-32(26)60(56,57)58)42-36-44-34(40-28-11-7-4-8-12-28)46-38(48-36)50(2)20-22-52;;/h3-18,23-24,51-52H,19-22H2,1-2H3,(H,53,54,55)(H,56,57,58)(H,39,43,45,47)(H,40,44,46,48);;/q;2*+1/p-2/b25-13+,26-14+,41-29?,42-30?;;. The number of rotatable bonds is 13. The van der Waals surface area contributed by atoms with Crippen LogP contribution in [0.3, 0.4) is 0 Å². The second kappa shape index (κ2) is 22.5. The van der Waals surface area contributed by atoms with Crippen molar-refractivity contribution in [3.05, 3.63) is 141 Å². The molecule has 0 unspecified atom stereocenters. The minimum absolute atomic E-state index is 0. The van der Waals surface area contributed by atoms with Crippen LogP contribution in [0.25, 0.3) is 0 Å². The minimum atomic E-state index is -5.14. The van der Waals surface area contributed by atoms with E-state index in [-0.39, 0.29) is 143 Å². The van der Waals surface area contributed by atoms with Crippen LogP contribution in [-0.4, -0.2) is 118 Å². The number of benzene rings is 2. The fourth-order valence-corrected chi connectivity index (χ4v) is 6.75. The fraction of sp³-hybridized carbons (Fsp3) is 0.158. The van der Waals surface area contributed by atoms with E-state index in [1.54, 1.807) is 72.4 Å². The van der Waals surface area contributed by atoms with Gasteiger partial charge in [-0.2, -0.15) is 19.9 Å². The number of aromatic amines is 2. The van der Waals surface area contributed by atoms with Crippen molar-refractivity contribution in [1.29, 1.82) is 0 Å². The van der Waals surface area contributed by atoms with Crippen LogP contribution in [0.2, 0.25) is 0 Å². The van der Waals surface area contributed by atoms with Crippen molar-refractivity contribution in [3.8, 4) is 0 Å². The third-order valence-corrected chi connectivity index (χ3v) is 10.1. The number of nitrogens with one attached hydrogen (secondary N) is 2. The largest absolute Gasteiger partial charge is 1.00 e. The Morgan fingerprint density at radius 3 is 1.31 bits per heavy atom. The molecule has 0 aliphatic heterocycles. The maximum absolute atomic E-state index is 12.5. The molecule has 2 aliphatic carbocycles. The molecule has 0 radical (unpaired) electrons. The third-order valence-electron chi connectivity index (χ3n) is 8.28. The van der Waals surface area contributed by atoms with Gasteiger partial charge in [-0.1, -0.05) is 60.7 Å². The Balaban J connectivity index is 0.00000422. The summed E-state index contributed by atoms with van der Waals surface area (Å²) in [7, 11) is -6.97. The van der Waals surface area contributed by atoms with Crippen molar-refractivity contribution >= 4 is 66.8 Å². The molecule has 2 heterocycles. The molecule has 0 bridgehead atoms. The van der Waals surface area contributed by atoms with E-state index < -0.39 is 30.0 Å². The third kappa shape index (κ3) is 13.8. The van der Waals surface area contributed by atoms with E-state index in [2.05, 4.69) is 49.9 Å². The topological polar surface area (TPSA) is 294 Å². The smallest absolute Gasteiger partial charge is 0.744 e. The molecule has 310 valence electrons. The van der Waals surface area contributed by atoms with Crippen molar-refractivity contribution in [1.82, 2.24) is 29.9 Å². The van der Waals surface area contributed by atoms with Gasteiger partial charge in [-0.25, -0.2) is 36.8 Å². The molecule has 0 fully saturated rings. The molecule has 20 nitrogen and oxygen atoms in total. The Morgan fingerprint density at radius 1 is 0.597 bits per heavy atom. The van der Waals surface area contributed by atoms with Gasteiger partial charge in [-0.15, -0.1) is 0 Å². The first-order valence-electron chi connectivity index (χ1n) is 17.8. The number of hydrogen-bond acceptors (Lipinski definition) is 18. The first kappa shape index (κ1) is 49.8. The van der Waals surface area contributed by atoms with Crippen molar-refractivity contribution < 1.29 is 95.3 Å². The van der Waals surface area contributed by atoms with E-state index in [1.807, 2.05) is 12.1 Å². The van der Waals surface area contributed by atoms with Crippen molar-refractivity contribution in [3.63, 3.8) is 0 Å². The average molecular weight is 899 g/mol. The number of aliphatic imine (C=N–C) groups is 2. The molecular formula is C38H36N12Na2O8S2. The summed E-state index contributed by atoms with van der Waals surface area (Å²) in [6.07, 6.45) is 9.71. The molecule has 2 aliphatic rings. The molecule has 24 heteroatoms. The molecule has 0 spiro atoms. The number of aromatic nitrogens is 6. The average Bonchev–Trinajstić information content (AvgIpc) is 3.20. The van der Waals surface area contributed by atoms with Crippen LogP contribution in [0.4, 0.5) is 35.2 Å². The number of aliphatic hydroxyl groups excluding tert-OH is 2. The minimum Gasteiger partial charge on any atom is -0.744 e. The molecule has 0 atom stereocenters. The summed E-state index contributed by atoms with van der Waals surface area (Å²) >= 11 is 0. The first-order valence-corrected chi connectivity index (χ1v) is 20.6. The normalized spacial score (nSPS) is 17.2. The monoisotopic (exact) mass is 898 g/mol. The molecule has 0 amide bonds. The van der Waals surface area contributed by atoms with E-state index in [1.165, 1.54) is 36.5 Å². The molecule has 4 aromatic rings. The Bertz CT molecular complexity index is 2700. The Labute approximate surface area is 400 Å². The van der Waals surface area contributed by atoms with E-state index >= 15 is 0 Å². The van der Waals surface area contributed by atoms with Crippen LogP contribution in [0.5, 0.6) is 0 Å². The van der Waals surface area contributed by atoms with Gasteiger partial charge in [0.2, 0.25) is 23.8 Å². The zero-order valence-corrected chi connectivity index (χ0v) is 39.5. The van der Waals surface area contributed by atoms with Crippen molar-refractivity contribution in [2.45, 2.75) is 0 Å². The summed E-state index contributed by atoms with van der Waals surface area (Å²) in [5.41, 5.74) is 0.835. The predicted molar refractivity (Wildman–Crippen MR) is 221 cm³/mol. The molecule has 2 aromatic heterocycles. The summed E-state index contributed by atoms with van der Waals surface area (Å²) in [4.78, 5) is 42.5. The number of anilines is 2. The second-order valence-corrected chi connectivity index (χ2v) is 15.4. The van der Waals surface area contributed by atoms with Gasteiger partial charge in [-0.05, 0) is 59.7 Å². The SMILES string of the molecule is CN(CCO)c1nc(=Nc2ccccc2)nc(N=C2C=C/C(=C\C=C3/C=CC(=Nc4nc(=Nc5ccccc5)nc(N(C)CCO)[nH]4)C=C3S(=O)(=O)[O-])C(S(=O)(=O)[O-])=C2)[nH]1.[Na+].[Na+]. The zero-order chi connectivity index (χ0) is 42.9. The molecular weight excluding hydrogens is 863 g/mol. The molecule has 0 saturated heterocycles. The molecule has 4 N–H and O–H groups in total. The van der Waals surface area contributed by atoms with Gasteiger partial charge in [0.05, 0.1) is 45.8 Å². The molecule has 6 rings (SSSR count). The van der Waals surface area contributed by atoms with Gasteiger partial charge in [0.1, 0.15) is 20.2 Å². The fourth-order valence-electron chi connectivity index (χ4n) is 5.37. The van der Waals surface area contributed by atoms with Crippen LogP contribution in [-0.2, 0) is 20.2 Å². The number of nitrogens with zero attached hydrogens (tertiary/aromatic N) is 10. The number of aliphatic hydroxyl groups is 2. The number of H-pyrrole nitrogens is 2. The van der Waals surface area contributed by atoms with Gasteiger partial charge in [0.25, 0.3) is 11.2 Å². The van der Waals surface area contributed by atoms with E-state index in [9.17, 15) is 36.2 Å². The van der Waals surface area contributed by atoms with Gasteiger partial charge in [-0.3, -0.25) is 9.97 Å². The summed E-state index contributed by atoms with van der Waals surface area (Å²) in [5, 5.41) is 18.9. The molecule has 62 heavy (non-hydrogen) atoms. The number of hydrogen-bond donors (Lipinski definition) is 4. The number of likely N-dealkylation sites (N-methyl/N-ethyl adjacent to an activating group) is 2. The van der Waals surface area contributed by atoms with E-state index in [0.29, 0.717) is 11.4 Å². The van der Waals surface area contributed by atoms with E-state index in [0.717, 1.165) is 12.2 Å². The molecule has 2 aromatic carbocycles. The summed E-state index contributed by atoms with van der Waals surface area (Å²) in [6, 6.07) is 17.7. The summed E-state index contributed by atoms with van der Waals surface area (Å²) in [6.45, 7) is 0.0200. The van der Waals surface area contributed by atoms with Gasteiger partial charge in [0, 0.05) is 27.2 Å². The van der Waals surface area contributed by atoms with Crippen LogP contribution in [0.1, 0.15) is 0 Å². The Hall–Kier alpha value is -4.82.